The Bertz CT molecular complexity index is 743. The van der Waals surface area contributed by atoms with Gasteiger partial charge in [-0.15, -0.1) is 0 Å². The summed E-state index contributed by atoms with van der Waals surface area (Å²) in [6.07, 6.45) is 3.42. The van der Waals surface area contributed by atoms with Crippen LogP contribution in [0.2, 0.25) is 0 Å². The smallest absolute Gasteiger partial charge is 0.220 e. The van der Waals surface area contributed by atoms with Gasteiger partial charge in [-0.2, -0.15) is 4.31 Å². The number of aliphatic hydroxyl groups is 1. The molecule has 0 saturated heterocycles. The lowest BCUT2D eigenvalue weighted by Gasteiger charge is -2.28. The van der Waals surface area contributed by atoms with Gasteiger partial charge in [0.15, 0.2) is 0 Å². The minimum absolute atomic E-state index is 0.0374. The van der Waals surface area contributed by atoms with Crippen LogP contribution in [0.4, 0.5) is 0 Å². The fourth-order valence-corrected chi connectivity index (χ4v) is 4.83. The molecule has 1 N–H and O–H groups in total. The van der Waals surface area contributed by atoms with E-state index in [0.717, 1.165) is 18.4 Å². The van der Waals surface area contributed by atoms with Crippen molar-refractivity contribution in [2.45, 2.75) is 31.1 Å². The van der Waals surface area contributed by atoms with E-state index in [1.165, 1.54) is 16.1 Å². The highest BCUT2D eigenvalue weighted by molar-refractivity contribution is 7.88. The van der Waals surface area contributed by atoms with Gasteiger partial charge in [-0.05, 0) is 30.4 Å². The molecule has 7 heteroatoms. The van der Waals surface area contributed by atoms with Gasteiger partial charge in [0, 0.05) is 19.2 Å². The highest BCUT2D eigenvalue weighted by Gasteiger charge is 2.35. The van der Waals surface area contributed by atoms with Gasteiger partial charge in [-0.3, -0.25) is 0 Å². The van der Waals surface area contributed by atoms with Crippen LogP contribution < -0.4 is 0 Å². The van der Waals surface area contributed by atoms with Crippen molar-refractivity contribution >= 4 is 10.0 Å². The Balaban J connectivity index is 1.89. The lowest BCUT2D eigenvalue weighted by atomic mass is 10.1. The van der Waals surface area contributed by atoms with Crippen LogP contribution >= 0.6 is 0 Å². The molecule has 1 aromatic heterocycles. The zero-order chi connectivity index (χ0) is 16.3. The quantitative estimate of drug-likeness (QED) is 0.834. The Kier molecular flexibility index (Phi) is 4.79. The molecule has 1 aromatic carbocycles. The minimum Gasteiger partial charge on any atom is -0.396 e. The van der Waals surface area contributed by atoms with E-state index in [0.29, 0.717) is 18.7 Å². The molecular formula is C16H20N2O4S. The Morgan fingerprint density at radius 2 is 2.13 bits per heavy atom. The number of fused-ring (bicyclic) bond motifs is 1. The van der Waals surface area contributed by atoms with E-state index in [1.807, 2.05) is 24.3 Å². The number of hydrogen-bond acceptors (Lipinski definition) is 5. The SMILES string of the molecule is O=S(=O)(Cc1ccon1)N(CCCO)[C@H]1CCc2ccccc21. The largest absolute Gasteiger partial charge is 0.396 e. The first-order valence-corrected chi connectivity index (χ1v) is 9.30. The third-order valence-corrected chi connectivity index (χ3v) is 5.98. The summed E-state index contributed by atoms with van der Waals surface area (Å²) < 4.78 is 32.0. The molecule has 0 radical (unpaired) electrons. The maximum absolute atomic E-state index is 12.9. The molecule has 2 aromatic rings. The molecule has 1 aliphatic carbocycles. The normalized spacial score (nSPS) is 17.6. The number of aromatic nitrogens is 1. The monoisotopic (exact) mass is 336 g/mol. The van der Waals surface area contributed by atoms with Crippen LogP contribution in [0.25, 0.3) is 0 Å². The molecule has 23 heavy (non-hydrogen) atoms. The summed E-state index contributed by atoms with van der Waals surface area (Å²) in [4.78, 5) is 0. The Hall–Kier alpha value is -1.70. The molecule has 0 unspecified atom stereocenters. The fraction of sp³-hybridized carbons (Fsp3) is 0.438. The summed E-state index contributed by atoms with van der Waals surface area (Å²) in [5.41, 5.74) is 2.66. The van der Waals surface area contributed by atoms with Gasteiger partial charge >= 0.3 is 0 Å². The van der Waals surface area contributed by atoms with Gasteiger partial charge in [0.05, 0.1) is 11.7 Å². The van der Waals surface area contributed by atoms with Crippen molar-refractivity contribution < 1.29 is 18.0 Å². The van der Waals surface area contributed by atoms with E-state index in [1.54, 1.807) is 6.07 Å². The van der Waals surface area contributed by atoms with Gasteiger partial charge in [-0.25, -0.2) is 8.42 Å². The van der Waals surface area contributed by atoms with Gasteiger partial charge in [-0.1, -0.05) is 29.4 Å². The first-order chi connectivity index (χ1) is 11.1. The van der Waals surface area contributed by atoms with E-state index < -0.39 is 10.0 Å². The van der Waals surface area contributed by atoms with Crippen molar-refractivity contribution in [2.75, 3.05) is 13.2 Å². The van der Waals surface area contributed by atoms with Crippen LogP contribution in [0.15, 0.2) is 41.1 Å². The van der Waals surface area contributed by atoms with E-state index in [2.05, 4.69) is 5.16 Å². The lowest BCUT2D eigenvalue weighted by molar-refractivity contribution is 0.249. The average Bonchev–Trinajstić information content (AvgIpc) is 3.17. The van der Waals surface area contributed by atoms with Crippen molar-refractivity contribution in [3.05, 3.63) is 53.4 Å². The van der Waals surface area contributed by atoms with E-state index in [4.69, 9.17) is 9.63 Å². The Morgan fingerprint density at radius 1 is 1.30 bits per heavy atom. The van der Waals surface area contributed by atoms with E-state index >= 15 is 0 Å². The second-order valence-electron chi connectivity index (χ2n) is 5.69. The van der Waals surface area contributed by atoms with E-state index in [-0.39, 0.29) is 18.4 Å². The molecule has 0 spiro atoms. The van der Waals surface area contributed by atoms with Crippen LogP contribution in [-0.4, -0.2) is 36.1 Å². The molecule has 1 atom stereocenters. The first kappa shape index (κ1) is 16.2. The molecular weight excluding hydrogens is 316 g/mol. The summed E-state index contributed by atoms with van der Waals surface area (Å²) >= 11 is 0. The molecule has 0 amide bonds. The van der Waals surface area contributed by atoms with Gasteiger partial charge in [0.2, 0.25) is 10.0 Å². The molecule has 1 aliphatic rings. The predicted molar refractivity (Wildman–Crippen MR) is 85.0 cm³/mol. The number of aliphatic hydroxyl groups excluding tert-OH is 1. The number of aryl methyl sites for hydroxylation is 1. The van der Waals surface area contributed by atoms with Crippen molar-refractivity contribution in [3.8, 4) is 0 Å². The summed E-state index contributed by atoms with van der Waals surface area (Å²) in [6.45, 7) is 0.264. The van der Waals surface area contributed by atoms with Gasteiger partial charge in [0.1, 0.15) is 12.0 Å². The van der Waals surface area contributed by atoms with Gasteiger partial charge < -0.3 is 9.63 Å². The Labute approximate surface area is 135 Å². The highest BCUT2D eigenvalue weighted by atomic mass is 32.2. The van der Waals surface area contributed by atoms with Crippen LogP contribution in [0, 0.1) is 0 Å². The average molecular weight is 336 g/mol. The first-order valence-electron chi connectivity index (χ1n) is 7.69. The zero-order valence-electron chi connectivity index (χ0n) is 12.8. The molecule has 0 aliphatic heterocycles. The van der Waals surface area contributed by atoms with Crippen LogP contribution in [0.3, 0.4) is 0 Å². The van der Waals surface area contributed by atoms with Crippen LogP contribution in [0.1, 0.15) is 35.7 Å². The summed E-state index contributed by atoms with van der Waals surface area (Å²) in [6, 6.07) is 9.34. The standard InChI is InChI=1S/C16H20N2O4S/c19-10-3-9-18(23(20,21)12-14-8-11-22-17-14)16-7-6-13-4-1-2-5-15(13)16/h1-2,4-5,8,11,16,19H,3,6-7,9-10,12H2/t16-/m0/s1. The number of rotatable bonds is 7. The maximum Gasteiger partial charge on any atom is 0.220 e. The molecule has 0 bridgehead atoms. The topological polar surface area (TPSA) is 83.6 Å². The van der Waals surface area contributed by atoms with Crippen molar-refractivity contribution in [1.29, 1.82) is 0 Å². The molecule has 1 heterocycles. The molecule has 0 fully saturated rings. The fourth-order valence-electron chi connectivity index (χ4n) is 3.13. The summed E-state index contributed by atoms with van der Waals surface area (Å²) in [5.74, 6) is -0.187. The van der Waals surface area contributed by atoms with Crippen molar-refractivity contribution in [2.24, 2.45) is 0 Å². The van der Waals surface area contributed by atoms with Crippen LogP contribution in [-0.2, 0) is 22.2 Å². The number of hydrogen-bond donors (Lipinski definition) is 1. The highest BCUT2D eigenvalue weighted by Crippen LogP contribution is 2.37. The van der Waals surface area contributed by atoms with Gasteiger partial charge in [0.25, 0.3) is 0 Å². The van der Waals surface area contributed by atoms with Crippen LogP contribution in [0.5, 0.6) is 0 Å². The second-order valence-corrected chi connectivity index (χ2v) is 7.61. The Morgan fingerprint density at radius 3 is 2.87 bits per heavy atom. The molecule has 6 nitrogen and oxygen atoms in total. The minimum atomic E-state index is -3.54. The number of benzene rings is 1. The number of nitrogens with zero attached hydrogens (tertiary/aromatic N) is 2. The molecule has 0 saturated carbocycles. The van der Waals surface area contributed by atoms with Crippen molar-refractivity contribution in [3.63, 3.8) is 0 Å². The lowest BCUT2D eigenvalue weighted by Crippen LogP contribution is -2.36. The maximum atomic E-state index is 12.9. The summed E-state index contributed by atoms with van der Waals surface area (Å²) in [7, 11) is -3.54. The third-order valence-electron chi connectivity index (χ3n) is 4.16. The molecule has 3 rings (SSSR count). The predicted octanol–water partition coefficient (Wildman–Crippen LogP) is 1.88. The van der Waals surface area contributed by atoms with Crippen molar-refractivity contribution in [1.82, 2.24) is 9.46 Å². The summed E-state index contributed by atoms with van der Waals surface area (Å²) in [5, 5.41) is 12.8. The van der Waals surface area contributed by atoms with E-state index in [9.17, 15) is 8.42 Å². The zero-order valence-corrected chi connectivity index (χ0v) is 13.6. The molecule has 124 valence electrons. The third kappa shape index (κ3) is 3.46. The second kappa shape index (κ2) is 6.82. The number of sulfonamides is 1.